The van der Waals surface area contributed by atoms with E-state index in [1.54, 1.807) is 6.08 Å². The average molecular weight is 365 g/mol. The Morgan fingerprint density at radius 1 is 0.846 bits per heavy atom. The quantitative estimate of drug-likeness (QED) is 0.160. The number of hydrogen-bond acceptors (Lipinski definition) is 4. The van der Waals surface area contributed by atoms with Crippen LogP contribution in [0.25, 0.3) is 0 Å². The SMILES string of the molecule is C=CCCCOC(=O)CCC(=O)OCC#CCCCCCCCCCC. The van der Waals surface area contributed by atoms with Crippen LogP contribution in [-0.4, -0.2) is 25.2 Å². The minimum Gasteiger partial charge on any atom is -0.466 e. The van der Waals surface area contributed by atoms with E-state index in [9.17, 15) is 9.59 Å². The smallest absolute Gasteiger partial charge is 0.307 e. The van der Waals surface area contributed by atoms with E-state index in [4.69, 9.17) is 9.47 Å². The maximum absolute atomic E-state index is 11.5. The molecule has 0 aromatic rings. The zero-order chi connectivity index (χ0) is 19.3. The molecule has 0 amide bonds. The molecular weight excluding hydrogens is 328 g/mol. The van der Waals surface area contributed by atoms with Crippen LogP contribution >= 0.6 is 0 Å². The Morgan fingerprint density at radius 2 is 1.46 bits per heavy atom. The van der Waals surface area contributed by atoms with Crippen LogP contribution in [0.3, 0.4) is 0 Å². The summed E-state index contributed by atoms with van der Waals surface area (Å²) < 4.78 is 9.97. The van der Waals surface area contributed by atoms with Crippen molar-refractivity contribution in [2.24, 2.45) is 0 Å². The number of ether oxygens (including phenoxy) is 2. The largest absolute Gasteiger partial charge is 0.466 e. The molecule has 0 aliphatic carbocycles. The monoisotopic (exact) mass is 364 g/mol. The molecule has 0 aromatic heterocycles. The molecule has 0 atom stereocenters. The van der Waals surface area contributed by atoms with E-state index in [2.05, 4.69) is 25.3 Å². The molecule has 26 heavy (non-hydrogen) atoms. The highest BCUT2D eigenvalue weighted by atomic mass is 16.5. The van der Waals surface area contributed by atoms with Crippen LogP contribution in [0.5, 0.6) is 0 Å². The summed E-state index contributed by atoms with van der Waals surface area (Å²) in [6, 6.07) is 0. The number of rotatable bonds is 16. The van der Waals surface area contributed by atoms with Crippen LogP contribution in [0.15, 0.2) is 12.7 Å². The van der Waals surface area contributed by atoms with E-state index < -0.39 is 5.97 Å². The van der Waals surface area contributed by atoms with Crippen LogP contribution in [0, 0.1) is 11.8 Å². The first-order valence-corrected chi connectivity index (χ1v) is 10.1. The van der Waals surface area contributed by atoms with Gasteiger partial charge in [-0.1, -0.05) is 69.8 Å². The topological polar surface area (TPSA) is 52.6 Å². The maximum atomic E-state index is 11.5. The zero-order valence-electron chi connectivity index (χ0n) is 16.5. The van der Waals surface area contributed by atoms with Gasteiger partial charge in [-0.05, 0) is 19.3 Å². The number of unbranched alkanes of at least 4 members (excludes halogenated alkanes) is 9. The lowest BCUT2D eigenvalue weighted by Crippen LogP contribution is -2.11. The second kappa shape index (κ2) is 19.6. The van der Waals surface area contributed by atoms with Gasteiger partial charge >= 0.3 is 11.9 Å². The third kappa shape index (κ3) is 18.6. The first-order valence-electron chi connectivity index (χ1n) is 10.1. The van der Waals surface area contributed by atoms with Crippen LogP contribution in [-0.2, 0) is 19.1 Å². The standard InChI is InChI=1S/C22H36O4/c1-3-5-7-8-9-10-11-12-13-14-16-20-26-22(24)18-17-21(23)25-19-15-6-4-2/h4H,2-3,5-13,15,17-20H2,1H3. The summed E-state index contributed by atoms with van der Waals surface area (Å²) in [6.07, 6.45) is 14.6. The molecule has 0 saturated heterocycles. The van der Waals surface area contributed by atoms with Crippen molar-refractivity contribution in [3.05, 3.63) is 12.7 Å². The van der Waals surface area contributed by atoms with Gasteiger partial charge in [0.15, 0.2) is 6.61 Å². The Balaban J connectivity index is 3.44. The second-order valence-electron chi connectivity index (χ2n) is 6.39. The summed E-state index contributed by atoms with van der Waals surface area (Å²) >= 11 is 0. The number of carbonyl (C=O) groups is 2. The predicted octanol–water partition coefficient (Wildman–Crippen LogP) is 5.35. The van der Waals surface area contributed by atoms with E-state index in [1.807, 2.05) is 0 Å². The first kappa shape index (κ1) is 24.2. The highest BCUT2D eigenvalue weighted by Crippen LogP contribution is 2.09. The third-order valence-corrected chi connectivity index (χ3v) is 3.93. The van der Waals surface area contributed by atoms with Gasteiger partial charge in [0.05, 0.1) is 19.4 Å². The van der Waals surface area contributed by atoms with Crippen LogP contribution < -0.4 is 0 Å². The van der Waals surface area contributed by atoms with Gasteiger partial charge in [0.2, 0.25) is 0 Å². The number of esters is 2. The minimum absolute atomic E-state index is 0.0417. The molecule has 148 valence electrons. The molecule has 0 aromatic carbocycles. The van der Waals surface area contributed by atoms with Gasteiger partial charge in [-0.25, -0.2) is 0 Å². The van der Waals surface area contributed by atoms with Crippen molar-refractivity contribution in [1.82, 2.24) is 0 Å². The fraction of sp³-hybridized carbons (Fsp3) is 0.727. The molecule has 0 rings (SSSR count). The van der Waals surface area contributed by atoms with E-state index >= 15 is 0 Å². The Morgan fingerprint density at radius 3 is 2.12 bits per heavy atom. The second-order valence-corrected chi connectivity index (χ2v) is 6.39. The zero-order valence-corrected chi connectivity index (χ0v) is 16.5. The van der Waals surface area contributed by atoms with Gasteiger partial charge in [-0.3, -0.25) is 9.59 Å². The van der Waals surface area contributed by atoms with E-state index in [-0.39, 0.29) is 25.4 Å². The van der Waals surface area contributed by atoms with Crippen LogP contribution in [0.2, 0.25) is 0 Å². The van der Waals surface area contributed by atoms with Crippen molar-refractivity contribution in [2.45, 2.75) is 90.4 Å². The third-order valence-electron chi connectivity index (χ3n) is 3.93. The van der Waals surface area contributed by atoms with Crippen molar-refractivity contribution in [2.75, 3.05) is 13.2 Å². The summed E-state index contributed by atoms with van der Waals surface area (Å²) in [7, 11) is 0. The van der Waals surface area contributed by atoms with Crippen molar-refractivity contribution >= 4 is 11.9 Å². The van der Waals surface area contributed by atoms with Gasteiger partial charge in [0.25, 0.3) is 0 Å². The molecule has 0 radical (unpaired) electrons. The highest BCUT2D eigenvalue weighted by molar-refractivity contribution is 5.77. The van der Waals surface area contributed by atoms with Crippen molar-refractivity contribution in [3.63, 3.8) is 0 Å². The number of carbonyl (C=O) groups excluding carboxylic acids is 2. The summed E-state index contributed by atoms with van der Waals surface area (Å²) in [4.78, 5) is 22.9. The molecule has 0 N–H and O–H groups in total. The van der Waals surface area contributed by atoms with Crippen molar-refractivity contribution in [1.29, 1.82) is 0 Å². The van der Waals surface area contributed by atoms with Crippen molar-refractivity contribution in [3.8, 4) is 11.8 Å². The van der Waals surface area contributed by atoms with Gasteiger partial charge in [-0.15, -0.1) is 6.58 Å². The Hall–Kier alpha value is -1.76. The lowest BCUT2D eigenvalue weighted by atomic mass is 10.1. The fourth-order valence-corrected chi connectivity index (χ4v) is 2.37. The van der Waals surface area contributed by atoms with E-state index in [1.165, 1.54) is 44.9 Å². The van der Waals surface area contributed by atoms with Gasteiger partial charge in [-0.2, -0.15) is 0 Å². The summed E-state index contributed by atoms with van der Waals surface area (Å²) in [5.74, 6) is 5.11. The Kier molecular flexibility index (Phi) is 18.2. The molecule has 4 nitrogen and oxygen atoms in total. The van der Waals surface area contributed by atoms with Gasteiger partial charge in [0.1, 0.15) is 0 Å². The average Bonchev–Trinajstić information content (AvgIpc) is 2.64. The maximum Gasteiger partial charge on any atom is 0.307 e. The highest BCUT2D eigenvalue weighted by Gasteiger charge is 2.08. The molecule has 0 fully saturated rings. The Bertz CT molecular complexity index is 431. The predicted molar refractivity (Wildman–Crippen MR) is 106 cm³/mol. The molecule has 0 spiro atoms. The van der Waals surface area contributed by atoms with Crippen LogP contribution in [0.1, 0.15) is 90.4 Å². The van der Waals surface area contributed by atoms with Gasteiger partial charge < -0.3 is 9.47 Å². The molecule has 0 saturated carbocycles. The number of allylic oxidation sites excluding steroid dienone is 1. The normalized spacial score (nSPS) is 9.88. The lowest BCUT2D eigenvalue weighted by Gasteiger charge is -2.03. The molecule has 4 heteroatoms. The van der Waals surface area contributed by atoms with Crippen LogP contribution in [0.4, 0.5) is 0 Å². The molecule has 0 heterocycles. The van der Waals surface area contributed by atoms with E-state index in [0.29, 0.717) is 6.61 Å². The lowest BCUT2D eigenvalue weighted by molar-refractivity contribution is -0.149. The molecular formula is C22H36O4. The summed E-state index contributed by atoms with van der Waals surface area (Å²) in [6.45, 7) is 6.30. The van der Waals surface area contributed by atoms with Gasteiger partial charge in [0, 0.05) is 6.42 Å². The molecule has 0 aliphatic rings. The van der Waals surface area contributed by atoms with Crippen molar-refractivity contribution < 1.29 is 19.1 Å². The number of hydrogen-bond donors (Lipinski definition) is 0. The minimum atomic E-state index is -0.408. The van der Waals surface area contributed by atoms with E-state index in [0.717, 1.165) is 25.7 Å². The Labute approximate surface area is 159 Å². The molecule has 0 aliphatic heterocycles. The molecule has 0 bridgehead atoms. The first-order chi connectivity index (χ1) is 12.7. The summed E-state index contributed by atoms with van der Waals surface area (Å²) in [5, 5.41) is 0. The fourth-order valence-electron chi connectivity index (χ4n) is 2.37. The summed E-state index contributed by atoms with van der Waals surface area (Å²) in [5.41, 5.74) is 0. The molecule has 0 unspecified atom stereocenters.